The van der Waals surface area contributed by atoms with Crippen LogP contribution in [0.1, 0.15) is 25.5 Å². The standard InChI is InChI=1S/C16H22N4/c1-11-6-5-9-20(15(11)10-17)16-14-8-4-3-7-13(14)12(2)18-19-16/h3-4,7-8,11,15H,5-6,9-10,17H2,1-2H3. The Hall–Kier alpha value is -1.68. The largest absolute Gasteiger partial charge is 0.350 e. The van der Waals surface area contributed by atoms with Gasteiger partial charge < -0.3 is 10.6 Å². The van der Waals surface area contributed by atoms with E-state index in [0.29, 0.717) is 18.5 Å². The zero-order valence-electron chi connectivity index (χ0n) is 12.2. The number of nitrogens with two attached hydrogens (primary N) is 1. The molecule has 1 aliphatic heterocycles. The van der Waals surface area contributed by atoms with E-state index >= 15 is 0 Å². The maximum absolute atomic E-state index is 6.01. The van der Waals surface area contributed by atoms with Gasteiger partial charge >= 0.3 is 0 Å². The lowest BCUT2D eigenvalue weighted by Crippen LogP contribution is -2.49. The monoisotopic (exact) mass is 270 g/mol. The Bertz CT molecular complexity index is 610. The number of aromatic nitrogens is 2. The number of hydrogen-bond acceptors (Lipinski definition) is 4. The topological polar surface area (TPSA) is 55.0 Å². The molecule has 1 saturated heterocycles. The molecular weight excluding hydrogens is 248 g/mol. The van der Waals surface area contributed by atoms with E-state index in [0.717, 1.165) is 18.1 Å². The van der Waals surface area contributed by atoms with Crippen molar-refractivity contribution in [1.29, 1.82) is 0 Å². The molecule has 1 aliphatic rings. The summed E-state index contributed by atoms with van der Waals surface area (Å²) in [7, 11) is 0. The van der Waals surface area contributed by atoms with Crippen molar-refractivity contribution < 1.29 is 0 Å². The van der Waals surface area contributed by atoms with Crippen LogP contribution in [-0.4, -0.2) is 29.3 Å². The molecule has 1 aromatic heterocycles. The van der Waals surface area contributed by atoms with Gasteiger partial charge in [-0.1, -0.05) is 31.2 Å². The van der Waals surface area contributed by atoms with E-state index in [4.69, 9.17) is 5.73 Å². The molecule has 2 heterocycles. The molecule has 2 atom stereocenters. The predicted molar refractivity (Wildman–Crippen MR) is 82.9 cm³/mol. The first-order chi connectivity index (χ1) is 9.72. The Labute approximate surface area is 120 Å². The number of rotatable bonds is 2. The van der Waals surface area contributed by atoms with Crippen LogP contribution in [0.25, 0.3) is 10.8 Å². The molecule has 0 spiro atoms. The molecule has 2 N–H and O–H groups in total. The first kappa shape index (κ1) is 13.3. The molecule has 0 saturated carbocycles. The van der Waals surface area contributed by atoms with Crippen molar-refractivity contribution >= 4 is 16.6 Å². The fraction of sp³-hybridized carbons (Fsp3) is 0.500. The summed E-state index contributed by atoms with van der Waals surface area (Å²) in [4.78, 5) is 2.36. The highest BCUT2D eigenvalue weighted by atomic mass is 15.3. The van der Waals surface area contributed by atoms with Gasteiger partial charge in [0.05, 0.1) is 5.69 Å². The summed E-state index contributed by atoms with van der Waals surface area (Å²) >= 11 is 0. The third kappa shape index (κ3) is 2.14. The number of aryl methyl sites for hydroxylation is 1. The quantitative estimate of drug-likeness (QED) is 0.911. The van der Waals surface area contributed by atoms with E-state index in [9.17, 15) is 0 Å². The van der Waals surface area contributed by atoms with Gasteiger partial charge in [-0.05, 0) is 25.7 Å². The van der Waals surface area contributed by atoms with E-state index in [2.05, 4.69) is 46.3 Å². The third-order valence-corrected chi connectivity index (χ3v) is 4.48. The number of anilines is 1. The molecule has 2 unspecified atom stereocenters. The number of nitrogens with zero attached hydrogens (tertiary/aromatic N) is 3. The van der Waals surface area contributed by atoms with Crippen molar-refractivity contribution in [3.05, 3.63) is 30.0 Å². The van der Waals surface area contributed by atoms with Crippen LogP contribution in [0.4, 0.5) is 5.82 Å². The van der Waals surface area contributed by atoms with Gasteiger partial charge in [0.25, 0.3) is 0 Å². The molecule has 4 nitrogen and oxygen atoms in total. The first-order valence-corrected chi connectivity index (χ1v) is 7.41. The van der Waals surface area contributed by atoms with Crippen molar-refractivity contribution in [1.82, 2.24) is 10.2 Å². The van der Waals surface area contributed by atoms with E-state index < -0.39 is 0 Å². The second kappa shape index (κ2) is 5.37. The fourth-order valence-corrected chi connectivity index (χ4v) is 3.31. The predicted octanol–water partition coefficient (Wildman–Crippen LogP) is 2.50. The van der Waals surface area contributed by atoms with Crippen LogP contribution in [0.15, 0.2) is 24.3 Å². The van der Waals surface area contributed by atoms with Crippen molar-refractivity contribution in [3.63, 3.8) is 0 Å². The second-order valence-electron chi connectivity index (χ2n) is 5.77. The Morgan fingerprint density at radius 2 is 2.00 bits per heavy atom. The Kier molecular flexibility index (Phi) is 3.57. The number of fused-ring (bicyclic) bond motifs is 1. The summed E-state index contributed by atoms with van der Waals surface area (Å²) in [5.74, 6) is 1.60. The van der Waals surface area contributed by atoms with Crippen molar-refractivity contribution in [2.24, 2.45) is 11.7 Å². The van der Waals surface area contributed by atoms with Gasteiger partial charge in [0.15, 0.2) is 5.82 Å². The highest BCUT2D eigenvalue weighted by Crippen LogP contribution is 2.32. The Morgan fingerprint density at radius 1 is 1.25 bits per heavy atom. The molecule has 0 radical (unpaired) electrons. The molecule has 106 valence electrons. The van der Waals surface area contributed by atoms with Gasteiger partial charge in [-0.2, -0.15) is 5.10 Å². The normalized spacial score (nSPS) is 23.2. The molecule has 20 heavy (non-hydrogen) atoms. The average Bonchev–Trinajstić information content (AvgIpc) is 2.48. The molecule has 3 rings (SSSR count). The van der Waals surface area contributed by atoms with Crippen LogP contribution < -0.4 is 10.6 Å². The lowest BCUT2D eigenvalue weighted by atomic mass is 9.90. The molecule has 0 aliphatic carbocycles. The highest BCUT2D eigenvalue weighted by Gasteiger charge is 2.29. The molecule has 2 aromatic rings. The maximum Gasteiger partial charge on any atom is 0.159 e. The lowest BCUT2D eigenvalue weighted by molar-refractivity contribution is 0.348. The Morgan fingerprint density at radius 3 is 2.75 bits per heavy atom. The summed E-state index contributed by atoms with van der Waals surface area (Å²) in [5.41, 5.74) is 6.99. The average molecular weight is 270 g/mol. The van der Waals surface area contributed by atoms with Crippen LogP contribution in [0.2, 0.25) is 0 Å². The molecule has 4 heteroatoms. The molecular formula is C16H22N4. The molecule has 0 amide bonds. The number of benzene rings is 1. The smallest absolute Gasteiger partial charge is 0.159 e. The molecule has 1 fully saturated rings. The Balaban J connectivity index is 2.11. The van der Waals surface area contributed by atoms with Crippen LogP contribution in [0, 0.1) is 12.8 Å². The third-order valence-electron chi connectivity index (χ3n) is 4.48. The SMILES string of the molecule is Cc1nnc(N2CCCC(C)C2CN)c2ccccc12. The van der Waals surface area contributed by atoms with Gasteiger partial charge in [-0.15, -0.1) is 5.10 Å². The number of hydrogen-bond donors (Lipinski definition) is 1. The minimum absolute atomic E-state index is 0.365. The maximum atomic E-state index is 6.01. The van der Waals surface area contributed by atoms with Gasteiger partial charge in [0, 0.05) is 29.9 Å². The molecule has 0 bridgehead atoms. The summed E-state index contributed by atoms with van der Waals surface area (Å²) in [6, 6.07) is 8.74. The first-order valence-electron chi connectivity index (χ1n) is 7.41. The van der Waals surface area contributed by atoms with Gasteiger partial charge in [0.1, 0.15) is 0 Å². The zero-order chi connectivity index (χ0) is 14.1. The van der Waals surface area contributed by atoms with Crippen LogP contribution in [0.5, 0.6) is 0 Å². The van der Waals surface area contributed by atoms with E-state index in [1.54, 1.807) is 0 Å². The lowest BCUT2D eigenvalue weighted by Gasteiger charge is -2.40. The van der Waals surface area contributed by atoms with Crippen LogP contribution in [-0.2, 0) is 0 Å². The van der Waals surface area contributed by atoms with Crippen molar-refractivity contribution in [2.75, 3.05) is 18.0 Å². The van der Waals surface area contributed by atoms with Gasteiger partial charge in [0.2, 0.25) is 0 Å². The summed E-state index contributed by atoms with van der Waals surface area (Å²) in [5, 5.41) is 11.2. The summed E-state index contributed by atoms with van der Waals surface area (Å²) in [6.45, 7) is 5.99. The van der Waals surface area contributed by atoms with Crippen LogP contribution >= 0.6 is 0 Å². The summed E-state index contributed by atoms with van der Waals surface area (Å²) in [6.07, 6.45) is 2.44. The molecule has 1 aromatic carbocycles. The highest BCUT2D eigenvalue weighted by molar-refractivity contribution is 5.93. The minimum atomic E-state index is 0.365. The summed E-state index contributed by atoms with van der Waals surface area (Å²) < 4.78 is 0. The van der Waals surface area contributed by atoms with Gasteiger partial charge in [-0.25, -0.2) is 0 Å². The van der Waals surface area contributed by atoms with Crippen molar-refractivity contribution in [3.8, 4) is 0 Å². The zero-order valence-corrected chi connectivity index (χ0v) is 12.2. The number of piperidine rings is 1. The second-order valence-corrected chi connectivity index (χ2v) is 5.77. The van der Waals surface area contributed by atoms with E-state index in [1.807, 2.05) is 6.92 Å². The van der Waals surface area contributed by atoms with Crippen molar-refractivity contribution in [2.45, 2.75) is 32.7 Å². The van der Waals surface area contributed by atoms with Gasteiger partial charge in [-0.3, -0.25) is 0 Å². The minimum Gasteiger partial charge on any atom is -0.350 e. The van der Waals surface area contributed by atoms with E-state index in [1.165, 1.54) is 23.6 Å². The fourth-order valence-electron chi connectivity index (χ4n) is 3.31. The van der Waals surface area contributed by atoms with Crippen LogP contribution in [0.3, 0.4) is 0 Å². The van der Waals surface area contributed by atoms with E-state index in [-0.39, 0.29) is 0 Å².